The summed E-state index contributed by atoms with van der Waals surface area (Å²) in [6, 6.07) is 3.31. The zero-order chi connectivity index (χ0) is 12.4. The minimum atomic E-state index is -1.31. The average Bonchev–Trinajstić information content (AvgIpc) is 2.72. The molecule has 0 aliphatic carbocycles. The molecule has 1 aromatic heterocycles. The van der Waals surface area contributed by atoms with Crippen molar-refractivity contribution in [3.05, 3.63) is 47.1 Å². The van der Waals surface area contributed by atoms with Crippen LogP contribution in [-0.2, 0) is 6.42 Å². The maximum atomic E-state index is 12.9. The lowest BCUT2D eigenvalue weighted by Crippen LogP contribution is -1.99. The van der Waals surface area contributed by atoms with Crippen molar-refractivity contribution in [1.29, 1.82) is 0 Å². The Bertz CT molecular complexity index is 568. The number of halogens is 2. The van der Waals surface area contributed by atoms with Crippen molar-refractivity contribution in [2.24, 2.45) is 0 Å². The van der Waals surface area contributed by atoms with Crippen molar-refractivity contribution in [3.8, 4) is 0 Å². The molecule has 1 N–H and O–H groups in total. The zero-order valence-electron chi connectivity index (χ0n) is 8.35. The molecule has 88 valence electrons. The van der Waals surface area contributed by atoms with E-state index in [1.807, 2.05) is 0 Å². The van der Waals surface area contributed by atoms with Crippen LogP contribution in [-0.4, -0.2) is 21.2 Å². The third kappa shape index (κ3) is 2.44. The number of aromatic carboxylic acids is 1. The van der Waals surface area contributed by atoms with Gasteiger partial charge < -0.3 is 9.63 Å². The minimum Gasteiger partial charge on any atom is -0.475 e. The number of benzene rings is 1. The second-order valence-corrected chi connectivity index (χ2v) is 3.24. The standard InChI is InChI=1S/C10H6F2N2O3/c11-6-2-1-5(3-7(6)12)4-8-13-9(10(15)16)14-17-8/h1-3H,4H2,(H,15,16). The maximum absolute atomic E-state index is 12.9. The second-order valence-electron chi connectivity index (χ2n) is 3.24. The Kier molecular flexibility index (Phi) is 2.82. The van der Waals surface area contributed by atoms with Crippen molar-refractivity contribution in [3.63, 3.8) is 0 Å². The first-order valence-electron chi connectivity index (χ1n) is 4.56. The molecular formula is C10H6F2N2O3. The SMILES string of the molecule is O=C(O)c1noc(Cc2ccc(F)c(F)c2)n1. The molecule has 0 atom stereocenters. The van der Waals surface area contributed by atoms with Gasteiger partial charge in [-0.15, -0.1) is 0 Å². The highest BCUT2D eigenvalue weighted by atomic mass is 19.2. The number of aromatic nitrogens is 2. The van der Waals surface area contributed by atoms with Crippen LogP contribution >= 0.6 is 0 Å². The van der Waals surface area contributed by atoms with E-state index in [1.54, 1.807) is 0 Å². The van der Waals surface area contributed by atoms with Crippen LogP contribution in [0.1, 0.15) is 22.1 Å². The summed E-state index contributed by atoms with van der Waals surface area (Å²) in [6.07, 6.45) is 0.0392. The van der Waals surface area contributed by atoms with Crippen LogP contribution in [0.2, 0.25) is 0 Å². The summed E-state index contributed by atoms with van der Waals surface area (Å²) in [7, 11) is 0. The smallest absolute Gasteiger partial charge is 0.377 e. The second kappa shape index (κ2) is 4.28. The van der Waals surface area contributed by atoms with Crippen LogP contribution in [0.25, 0.3) is 0 Å². The minimum absolute atomic E-state index is 0.0217. The van der Waals surface area contributed by atoms with E-state index in [4.69, 9.17) is 5.11 Å². The predicted octanol–water partition coefficient (Wildman–Crippen LogP) is 1.64. The molecule has 2 rings (SSSR count). The number of carbonyl (C=O) groups is 1. The summed E-state index contributed by atoms with van der Waals surface area (Å²) in [6.45, 7) is 0. The molecule has 0 unspecified atom stereocenters. The molecule has 1 aromatic carbocycles. The third-order valence-electron chi connectivity index (χ3n) is 2.00. The highest BCUT2D eigenvalue weighted by molar-refractivity contribution is 5.82. The molecule has 17 heavy (non-hydrogen) atoms. The maximum Gasteiger partial charge on any atom is 0.377 e. The Labute approximate surface area is 93.7 Å². The molecule has 0 aliphatic heterocycles. The summed E-state index contributed by atoms with van der Waals surface area (Å²) >= 11 is 0. The quantitative estimate of drug-likeness (QED) is 0.882. The fourth-order valence-corrected chi connectivity index (χ4v) is 1.24. The summed E-state index contributed by atoms with van der Waals surface area (Å²) in [5, 5.41) is 11.7. The molecule has 0 saturated heterocycles. The van der Waals surface area contributed by atoms with Crippen molar-refractivity contribution in [1.82, 2.24) is 10.1 Å². The van der Waals surface area contributed by atoms with E-state index < -0.39 is 23.4 Å². The molecular weight excluding hydrogens is 234 g/mol. The number of nitrogens with zero attached hydrogens (tertiary/aromatic N) is 2. The summed E-state index contributed by atoms with van der Waals surface area (Å²) in [5.74, 6) is -3.70. The molecule has 0 aliphatic rings. The van der Waals surface area contributed by atoms with Gasteiger partial charge in [0.1, 0.15) is 0 Å². The van der Waals surface area contributed by atoms with Gasteiger partial charge >= 0.3 is 5.97 Å². The molecule has 0 fully saturated rings. The fourth-order valence-electron chi connectivity index (χ4n) is 1.24. The highest BCUT2D eigenvalue weighted by Crippen LogP contribution is 2.12. The van der Waals surface area contributed by atoms with Gasteiger partial charge in [0.15, 0.2) is 11.6 Å². The number of carboxylic acids is 1. The van der Waals surface area contributed by atoms with Gasteiger partial charge in [-0.2, -0.15) is 4.98 Å². The summed E-state index contributed by atoms with van der Waals surface area (Å²) in [4.78, 5) is 14.0. The van der Waals surface area contributed by atoms with E-state index >= 15 is 0 Å². The van der Waals surface area contributed by atoms with Crippen LogP contribution in [0.4, 0.5) is 8.78 Å². The third-order valence-corrected chi connectivity index (χ3v) is 2.00. The van der Waals surface area contributed by atoms with Gasteiger partial charge in [-0.05, 0) is 22.9 Å². The lowest BCUT2D eigenvalue weighted by atomic mass is 10.1. The number of hydrogen-bond acceptors (Lipinski definition) is 4. The topological polar surface area (TPSA) is 76.2 Å². The fraction of sp³-hybridized carbons (Fsp3) is 0.100. The van der Waals surface area contributed by atoms with E-state index in [9.17, 15) is 13.6 Å². The van der Waals surface area contributed by atoms with Crippen LogP contribution < -0.4 is 0 Å². The van der Waals surface area contributed by atoms with Crippen LogP contribution in [0.15, 0.2) is 22.7 Å². The van der Waals surface area contributed by atoms with Gasteiger partial charge in [-0.1, -0.05) is 6.07 Å². The van der Waals surface area contributed by atoms with E-state index in [0.717, 1.165) is 12.1 Å². The van der Waals surface area contributed by atoms with E-state index in [-0.39, 0.29) is 12.3 Å². The van der Waals surface area contributed by atoms with Gasteiger partial charge in [-0.25, -0.2) is 13.6 Å². The predicted molar refractivity (Wildman–Crippen MR) is 50.4 cm³/mol. The Morgan fingerprint density at radius 3 is 2.71 bits per heavy atom. The zero-order valence-corrected chi connectivity index (χ0v) is 8.35. The molecule has 5 nitrogen and oxygen atoms in total. The van der Waals surface area contributed by atoms with Crippen molar-refractivity contribution in [2.45, 2.75) is 6.42 Å². The monoisotopic (exact) mass is 240 g/mol. The lowest BCUT2D eigenvalue weighted by Gasteiger charge is -1.97. The van der Waals surface area contributed by atoms with Crippen molar-refractivity contribution >= 4 is 5.97 Å². The molecule has 0 amide bonds. The molecule has 0 spiro atoms. The summed E-state index contributed by atoms with van der Waals surface area (Å²) < 4.78 is 30.2. The Morgan fingerprint density at radius 1 is 1.35 bits per heavy atom. The van der Waals surface area contributed by atoms with Gasteiger partial charge in [0.2, 0.25) is 5.89 Å². The van der Waals surface area contributed by atoms with E-state index in [2.05, 4.69) is 14.7 Å². The largest absolute Gasteiger partial charge is 0.475 e. The Hall–Kier alpha value is -2.31. The van der Waals surface area contributed by atoms with Crippen LogP contribution in [0.3, 0.4) is 0 Å². The molecule has 0 saturated carbocycles. The van der Waals surface area contributed by atoms with Gasteiger partial charge in [-0.3, -0.25) is 0 Å². The average molecular weight is 240 g/mol. The number of rotatable bonds is 3. The molecule has 2 aromatic rings. The number of hydrogen-bond donors (Lipinski definition) is 1. The first-order chi connectivity index (χ1) is 8.06. The van der Waals surface area contributed by atoms with Crippen molar-refractivity contribution in [2.75, 3.05) is 0 Å². The van der Waals surface area contributed by atoms with Gasteiger partial charge in [0.05, 0.1) is 6.42 Å². The highest BCUT2D eigenvalue weighted by Gasteiger charge is 2.13. The lowest BCUT2D eigenvalue weighted by molar-refractivity contribution is 0.0680. The van der Waals surface area contributed by atoms with E-state index in [1.165, 1.54) is 6.07 Å². The first-order valence-corrected chi connectivity index (χ1v) is 4.56. The Balaban J connectivity index is 2.19. The number of carboxylic acid groups (broad SMARTS) is 1. The molecule has 7 heteroatoms. The van der Waals surface area contributed by atoms with Crippen molar-refractivity contribution < 1.29 is 23.2 Å². The molecule has 0 bridgehead atoms. The normalized spacial score (nSPS) is 10.5. The Morgan fingerprint density at radius 2 is 2.12 bits per heavy atom. The summed E-state index contributed by atoms with van der Waals surface area (Å²) in [5.41, 5.74) is 0.407. The molecule has 0 radical (unpaired) electrons. The molecule has 1 heterocycles. The van der Waals surface area contributed by atoms with Crippen LogP contribution in [0.5, 0.6) is 0 Å². The first kappa shape index (κ1) is 11.2. The van der Waals surface area contributed by atoms with E-state index in [0.29, 0.717) is 5.56 Å². The van der Waals surface area contributed by atoms with Crippen LogP contribution in [0, 0.1) is 11.6 Å². The van der Waals surface area contributed by atoms with Gasteiger partial charge in [0.25, 0.3) is 5.82 Å². The van der Waals surface area contributed by atoms with Gasteiger partial charge in [0, 0.05) is 0 Å².